The van der Waals surface area contributed by atoms with Crippen LogP contribution in [0.2, 0.25) is 0 Å². The van der Waals surface area contributed by atoms with Crippen molar-refractivity contribution in [2.75, 3.05) is 23.4 Å². The molecule has 0 aliphatic heterocycles. The van der Waals surface area contributed by atoms with Gasteiger partial charge in [0.2, 0.25) is 0 Å². The van der Waals surface area contributed by atoms with Crippen LogP contribution in [-0.2, 0) is 0 Å². The van der Waals surface area contributed by atoms with E-state index in [1.807, 2.05) is 31.2 Å². The standard InChI is InChI=1S/C14H18N4OS/c1-3-19-11-8-6-5-7-10(11)16-13-9-12(15)17-14(18-13)20-4-2/h5-9H,3-4H2,1-2H3,(H3,15,16,17,18). The van der Waals surface area contributed by atoms with E-state index in [2.05, 4.69) is 22.2 Å². The largest absolute Gasteiger partial charge is 0.492 e. The smallest absolute Gasteiger partial charge is 0.191 e. The van der Waals surface area contributed by atoms with Gasteiger partial charge in [0.15, 0.2) is 5.16 Å². The van der Waals surface area contributed by atoms with Crippen molar-refractivity contribution in [2.45, 2.75) is 19.0 Å². The summed E-state index contributed by atoms with van der Waals surface area (Å²) in [6.45, 7) is 4.62. The van der Waals surface area contributed by atoms with E-state index in [-0.39, 0.29) is 0 Å². The summed E-state index contributed by atoms with van der Waals surface area (Å²) in [6, 6.07) is 9.44. The summed E-state index contributed by atoms with van der Waals surface area (Å²) in [5.41, 5.74) is 6.67. The van der Waals surface area contributed by atoms with Gasteiger partial charge < -0.3 is 15.8 Å². The number of rotatable bonds is 6. The zero-order chi connectivity index (χ0) is 14.4. The van der Waals surface area contributed by atoms with Gasteiger partial charge in [0.1, 0.15) is 17.4 Å². The van der Waals surface area contributed by atoms with Gasteiger partial charge in [-0.1, -0.05) is 30.8 Å². The van der Waals surface area contributed by atoms with Crippen LogP contribution < -0.4 is 15.8 Å². The number of hydrogen-bond donors (Lipinski definition) is 2. The average molecular weight is 290 g/mol. The molecule has 0 saturated heterocycles. The number of thioether (sulfide) groups is 1. The molecule has 0 fully saturated rings. The molecule has 1 aromatic heterocycles. The fourth-order valence-corrected chi connectivity index (χ4v) is 2.28. The van der Waals surface area contributed by atoms with Crippen LogP contribution in [-0.4, -0.2) is 22.3 Å². The van der Waals surface area contributed by atoms with Crippen molar-refractivity contribution < 1.29 is 4.74 Å². The van der Waals surface area contributed by atoms with Gasteiger partial charge in [-0.15, -0.1) is 0 Å². The molecule has 0 bridgehead atoms. The molecule has 2 rings (SSSR count). The summed E-state index contributed by atoms with van der Waals surface area (Å²) in [4.78, 5) is 8.61. The summed E-state index contributed by atoms with van der Waals surface area (Å²) in [6.07, 6.45) is 0. The second-order valence-electron chi connectivity index (χ2n) is 3.95. The lowest BCUT2D eigenvalue weighted by Crippen LogP contribution is -2.02. The van der Waals surface area contributed by atoms with E-state index in [1.54, 1.807) is 17.8 Å². The number of nitrogens with two attached hydrogens (primary N) is 1. The summed E-state index contributed by atoms with van der Waals surface area (Å²) in [7, 11) is 0. The van der Waals surface area contributed by atoms with Crippen molar-refractivity contribution in [3.8, 4) is 5.75 Å². The van der Waals surface area contributed by atoms with Crippen molar-refractivity contribution in [1.29, 1.82) is 0 Å². The first-order chi connectivity index (χ1) is 9.72. The molecule has 6 heteroatoms. The Morgan fingerprint density at radius 1 is 1.25 bits per heavy atom. The Morgan fingerprint density at radius 3 is 2.80 bits per heavy atom. The lowest BCUT2D eigenvalue weighted by atomic mass is 10.3. The minimum absolute atomic E-state index is 0.451. The fraction of sp³-hybridized carbons (Fsp3) is 0.286. The van der Waals surface area contributed by atoms with Gasteiger partial charge in [0, 0.05) is 6.07 Å². The molecule has 0 amide bonds. The highest BCUT2D eigenvalue weighted by molar-refractivity contribution is 7.99. The zero-order valence-electron chi connectivity index (χ0n) is 11.6. The van der Waals surface area contributed by atoms with E-state index in [4.69, 9.17) is 10.5 Å². The lowest BCUT2D eigenvalue weighted by molar-refractivity contribution is 0.342. The maximum Gasteiger partial charge on any atom is 0.191 e. The molecular formula is C14H18N4OS. The van der Waals surface area contributed by atoms with E-state index in [1.165, 1.54) is 0 Å². The van der Waals surface area contributed by atoms with Crippen LogP contribution in [0.5, 0.6) is 5.75 Å². The van der Waals surface area contributed by atoms with Gasteiger partial charge in [-0.2, -0.15) is 0 Å². The van der Waals surface area contributed by atoms with Gasteiger partial charge in [0.25, 0.3) is 0 Å². The summed E-state index contributed by atoms with van der Waals surface area (Å²) in [5.74, 6) is 2.81. The monoisotopic (exact) mass is 290 g/mol. The normalized spacial score (nSPS) is 10.3. The molecule has 0 spiro atoms. The maximum absolute atomic E-state index is 5.80. The molecule has 1 heterocycles. The highest BCUT2D eigenvalue weighted by Gasteiger charge is 2.06. The van der Waals surface area contributed by atoms with Crippen LogP contribution in [0.15, 0.2) is 35.5 Å². The van der Waals surface area contributed by atoms with Crippen LogP contribution in [0.1, 0.15) is 13.8 Å². The minimum atomic E-state index is 0.451. The first kappa shape index (κ1) is 14.5. The molecule has 1 aromatic carbocycles. The predicted octanol–water partition coefficient (Wildman–Crippen LogP) is 3.31. The van der Waals surface area contributed by atoms with Crippen molar-refractivity contribution in [3.63, 3.8) is 0 Å². The third kappa shape index (κ3) is 3.77. The molecule has 0 saturated carbocycles. The molecule has 106 valence electrons. The third-order valence-corrected chi connectivity index (χ3v) is 3.18. The number of anilines is 3. The Kier molecular flexibility index (Phi) is 5.06. The Balaban J connectivity index is 2.25. The van der Waals surface area contributed by atoms with Crippen LogP contribution >= 0.6 is 11.8 Å². The van der Waals surface area contributed by atoms with Crippen LogP contribution in [0.25, 0.3) is 0 Å². The molecule has 5 nitrogen and oxygen atoms in total. The van der Waals surface area contributed by atoms with Gasteiger partial charge in [-0.05, 0) is 24.8 Å². The molecule has 0 unspecified atom stereocenters. The zero-order valence-corrected chi connectivity index (χ0v) is 12.4. The highest BCUT2D eigenvalue weighted by atomic mass is 32.2. The number of benzene rings is 1. The summed E-state index contributed by atoms with van der Waals surface area (Å²) < 4.78 is 5.57. The summed E-state index contributed by atoms with van der Waals surface area (Å²) in [5, 5.41) is 3.90. The van der Waals surface area contributed by atoms with E-state index >= 15 is 0 Å². The molecule has 2 aromatic rings. The van der Waals surface area contributed by atoms with Gasteiger partial charge in [-0.25, -0.2) is 9.97 Å². The predicted molar refractivity (Wildman–Crippen MR) is 83.7 cm³/mol. The number of hydrogen-bond acceptors (Lipinski definition) is 6. The van der Waals surface area contributed by atoms with Crippen molar-refractivity contribution in [1.82, 2.24) is 9.97 Å². The lowest BCUT2D eigenvalue weighted by Gasteiger charge is -2.12. The Hall–Kier alpha value is -1.95. The van der Waals surface area contributed by atoms with Crippen molar-refractivity contribution in [2.24, 2.45) is 0 Å². The topological polar surface area (TPSA) is 73.1 Å². The maximum atomic E-state index is 5.80. The molecular weight excluding hydrogens is 272 g/mol. The molecule has 3 N–H and O–H groups in total. The van der Waals surface area contributed by atoms with E-state index in [0.29, 0.717) is 23.4 Å². The first-order valence-corrected chi connectivity index (χ1v) is 7.47. The van der Waals surface area contributed by atoms with Crippen molar-refractivity contribution in [3.05, 3.63) is 30.3 Å². The molecule has 20 heavy (non-hydrogen) atoms. The van der Waals surface area contributed by atoms with Crippen molar-refractivity contribution >= 4 is 29.1 Å². The number of nitrogens with one attached hydrogen (secondary N) is 1. The number of aromatic nitrogens is 2. The first-order valence-electron chi connectivity index (χ1n) is 6.49. The SMILES string of the molecule is CCOc1ccccc1Nc1cc(N)nc(SCC)n1. The van der Waals surface area contributed by atoms with E-state index < -0.39 is 0 Å². The second-order valence-corrected chi connectivity index (χ2v) is 5.18. The summed E-state index contributed by atoms with van der Waals surface area (Å²) >= 11 is 1.56. The minimum Gasteiger partial charge on any atom is -0.492 e. The quantitative estimate of drug-likeness (QED) is 0.628. The van der Waals surface area contributed by atoms with Gasteiger partial charge >= 0.3 is 0 Å². The number of ether oxygens (including phenoxy) is 1. The van der Waals surface area contributed by atoms with Crippen LogP contribution in [0.3, 0.4) is 0 Å². The van der Waals surface area contributed by atoms with E-state index in [9.17, 15) is 0 Å². The highest BCUT2D eigenvalue weighted by Crippen LogP contribution is 2.28. The third-order valence-electron chi connectivity index (χ3n) is 2.45. The number of para-hydroxylation sites is 2. The number of nitrogen functional groups attached to an aromatic ring is 1. The molecule has 0 aliphatic rings. The molecule has 0 atom stereocenters. The van der Waals surface area contributed by atoms with Gasteiger partial charge in [0.05, 0.1) is 12.3 Å². The van der Waals surface area contributed by atoms with Crippen LogP contribution in [0.4, 0.5) is 17.3 Å². The van der Waals surface area contributed by atoms with E-state index in [0.717, 1.165) is 17.2 Å². The van der Waals surface area contributed by atoms with Crippen LogP contribution in [0, 0.1) is 0 Å². The fourth-order valence-electron chi connectivity index (χ4n) is 1.69. The Labute approximate surface area is 123 Å². The molecule has 0 radical (unpaired) electrons. The Bertz CT molecular complexity index is 577. The molecule has 0 aliphatic carbocycles. The second kappa shape index (κ2) is 7.00. The Morgan fingerprint density at radius 2 is 2.05 bits per heavy atom. The van der Waals surface area contributed by atoms with Gasteiger partial charge in [-0.3, -0.25) is 0 Å². The number of nitrogens with zero attached hydrogens (tertiary/aromatic N) is 2. The average Bonchev–Trinajstić information content (AvgIpc) is 2.41.